The third-order valence-electron chi connectivity index (χ3n) is 8.31. The van der Waals surface area contributed by atoms with Crippen molar-refractivity contribution in [2.45, 2.75) is 51.0 Å². The molecule has 3 fully saturated rings. The standard InChI is InChI=1S/C29H37N7O2/c1-33-15-17-35(18-16-33)27(37)21-9-11-23(12-10-21)31-29-30-20-22-19-25(28(38)34-13-5-2-6-14-34)36(26(22)32-29)24-7-3-4-8-24/h9-12,19-20,24H,2-8,13-18H2,1H3,(H,30,31,32). The lowest BCUT2D eigenvalue weighted by Gasteiger charge is -2.32. The zero-order valence-electron chi connectivity index (χ0n) is 22.2. The lowest BCUT2D eigenvalue weighted by Crippen LogP contribution is -2.47. The Bertz CT molecular complexity index is 1300. The summed E-state index contributed by atoms with van der Waals surface area (Å²) in [7, 11) is 2.08. The number of amides is 2. The largest absolute Gasteiger partial charge is 0.337 e. The number of likely N-dealkylation sites (tertiary alicyclic amines) is 1. The Kier molecular flexibility index (Phi) is 7.02. The molecule has 0 unspecified atom stereocenters. The normalized spacial score (nSPS) is 19.3. The molecule has 2 aliphatic heterocycles. The third kappa shape index (κ3) is 4.99. The van der Waals surface area contributed by atoms with Gasteiger partial charge >= 0.3 is 0 Å². The van der Waals surface area contributed by atoms with E-state index in [1.165, 1.54) is 19.3 Å². The first-order valence-corrected chi connectivity index (χ1v) is 14.1. The average molecular weight is 516 g/mol. The SMILES string of the molecule is CN1CCN(C(=O)c2ccc(Nc3ncc4cc(C(=O)N5CCCCC5)n(C5CCCC5)c4n3)cc2)CC1. The Balaban J connectivity index is 1.24. The Morgan fingerprint density at radius 1 is 0.842 bits per heavy atom. The molecule has 1 N–H and O–H groups in total. The van der Waals surface area contributed by atoms with Crippen LogP contribution in [-0.4, -0.2) is 87.4 Å². The van der Waals surface area contributed by atoms with Crippen LogP contribution in [0.1, 0.15) is 71.8 Å². The Morgan fingerprint density at radius 3 is 2.24 bits per heavy atom. The van der Waals surface area contributed by atoms with Gasteiger partial charge in [-0.2, -0.15) is 4.98 Å². The van der Waals surface area contributed by atoms with Gasteiger partial charge in [-0.15, -0.1) is 0 Å². The molecule has 0 radical (unpaired) electrons. The van der Waals surface area contributed by atoms with Crippen LogP contribution < -0.4 is 5.32 Å². The van der Waals surface area contributed by atoms with Crippen molar-refractivity contribution >= 4 is 34.5 Å². The molecule has 0 bridgehead atoms. The second-order valence-electron chi connectivity index (χ2n) is 11.0. The summed E-state index contributed by atoms with van der Waals surface area (Å²) in [5.74, 6) is 0.678. The van der Waals surface area contributed by atoms with Gasteiger partial charge in [-0.3, -0.25) is 9.59 Å². The minimum atomic E-state index is 0.0719. The lowest BCUT2D eigenvalue weighted by atomic mass is 10.1. The number of piperidine rings is 1. The van der Waals surface area contributed by atoms with Crippen LogP contribution in [0.3, 0.4) is 0 Å². The Morgan fingerprint density at radius 2 is 1.53 bits per heavy atom. The van der Waals surface area contributed by atoms with Crippen molar-refractivity contribution < 1.29 is 9.59 Å². The van der Waals surface area contributed by atoms with Crippen LogP contribution in [-0.2, 0) is 0 Å². The van der Waals surface area contributed by atoms with Crippen molar-refractivity contribution in [1.29, 1.82) is 0 Å². The minimum absolute atomic E-state index is 0.0719. The second kappa shape index (κ2) is 10.7. The van der Waals surface area contributed by atoms with E-state index >= 15 is 0 Å². The third-order valence-corrected chi connectivity index (χ3v) is 8.31. The van der Waals surface area contributed by atoms with Gasteiger partial charge in [0.2, 0.25) is 5.95 Å². The number of carbonyl (C=O) groups excluding carboxylic acids is 2. The number of fused-ring (bicyclic) bond motifs is 1. The van der Waals surface area contributed by atoms with Crippen molar-refractivity contribution in [3.63, 3.8) is 0 Å². The molecule has 1 saturated carbocycles. The van der Waals surface area contributed by atoms with Crippen molar-refractivity contribution in [2.75, 3.05) is 51.6 Å². The summed E-state index contributed by atoms with van der Waals surface area (Å²) < 4.78 is 2.18. The fourth-order valence-electron chi connectivity index (χ4n) is 6.04. The predicted octanol–water partition coefficient (Wildman–Crippen LogP) is 4.30. The van der Waals surface area contributed by atoms with E-state index in [-0.39, 0.29) is 11.8 Å². The number of anilines is 2. The molecule has 9 heteroatoms. The molecule has 2 aromatic heterocycles. The number of likely N-dealkylation sites (N-methyl/N-ethyl adjacent to an activating group) is 1. The summed E-state index contributed by atoms with van der Waals surface area (Å²) in [6.07, 6.45) is 9.65. The molecular formula is C29H37N7O2. The highest BCUT2D eigenvalue weighted by molar-refractivity contribution is 5.98. The molecule has 38 heavy (non-hydrogen) atoms. The Hall–Kier alpha value is -3.46. The van der Waals surface area contributed by atoms with Crippen LogP contribution >= 0.6 is 0 Å². The first kappa shape index (κ1) is 24.9. The number of nitrogens with zero attached hydrogens (tertiary/aromatic N) is 6. The van der Waals surface area contributed by atoms with Crippen LogP contribution in [0.4, 0.5) is 11.6 Å². The van der Waals surface area contributed by atoms with Crippen LogP contribution in [0, 0.1) is 0 Å². The molecule has 0 spiro atoms. The van der Waals surface area contributed by atoms with Gasteiger partial charge < -0.3 is 24.6 Å². The van der Waals surface area contributed by atoms with Crippen LogP contribution in [0.15, 0.2) is 36.5 Å². The van der Waals surface area contributed by atoms with Gasteiger partial charge in [0.15, 0.2) is 0 Å². The Labute approximate surface area is 223 Å². The number of nitrogens with one attached hydrogen (secondary N) is 1. The number of aromatic nitrogens is 3. The molecule has 3 aliphatic rings. The van der Waals surface area contributed by atoms with Crippen LogP contribution in [0.2, 0.25) is 0 Å². The lowest BCUT2D eigenvalue weighted by molar-refractivity contribution is 0.0663. The monoisotopic (exact) mass is 515 g/mol. The predicted molar refractivity (Wildman–Crippen MR) is 148 cm³/mol. The van der Waals surface area contributed by atoms with Crippen molar-refractivity contribution in [3.05, 3.63) is 47.8 Å². The first-order chi connectivity index (χ1) is 18.6. The molecular weight excluding hydrogens is 478 g/mol. The van der Waals surface area contributed by atoms with E-state index < -0.39 is 0 Å². The van der Waals surface area contributed by atoms with E-state index in [1.54, 1.807) is 0 Å². The van der Waals surface area contributed by atoms with Crippen molar-refractivity contribution in [2.24, 2.45) is 0 Å². The van der Waals surface area contributed by atoms with E-state index in [0.29, 0.717) is 17.6 Å². The van der Waals surface area contributed by atoms with E-state index in [0.717, 1.165) is 87.4 Å². The minimum Gasteiger partial charge on any atom is -0.337 e. The zero-order valence-corrected chi connectivity index (χ0v) is 22.2. The van der Waals surface area contributed by atoms with Gasteiger partial charge in [0.25, 0.3) is 11.8 Å². The van der Waals surface area contributed by atoms with E-state index in [1.807, 2.05) is 46.3 Å². The number of rotatable bonds is 5. The molecule has 4 heterocycles. The highest BCUT2D eigenvalue weighted by atomic mass is 16.2. The average Bonchev–Trinajstić information content (AvgIpc) is 3.61. The molecule has 1 aliphatic carbocycles. The van der Waals surface area contributed by atoms with Crippen LogP contribution in [0.25, 0.3) is 11.0 Å². The first-order valence-electron chi connectivity index (χ1n) is 14.1. The fraction of sp³-hybridized carbons (Fsp3) is 0.517. The zero-order chi connectivity index (χ0) is 26.1. The quantitative estimate of drug-likeness (QED) is 0.545. The number of hydrogen-bond acceptors (Lipinski definition) is 6. The van der Waals surface area contributed by atoms with Crippen molar-refractivity contribution in [3.8, 4) is 0 Å². The highest BCUT2D eigenvalue weighted by Crippen LogP contribution is 2.35. The number of carbonyl (C=O) groups is 2. The molecule has 1 aromatic carbocycles. The molecule has 6 rings (SSSR count). The maximum Gasteiger partial charge on any atom is 0.270 e. The second-order valence-corrected chi connectivity index (χ2v) is 11.0. The summed E-state index contributed by atoms with van der Waals surface area (Å²) in [6.45, 7) is 4.98. The molecule has 3 aromatic rings. The number of hydrogen-bond donors (Lipinski definition) is 1. The van der Waals surface area contributed by atoms with E-state index in [4.69, 9.17) is 4.98 Å². The van der Waals surface area contributed by atoms with Gasteiger partial charge in [-0.25, -0.2) is 4.98 Å². The summed E-state index contributed by atoms with van der Waals surface area (Å²) in [4.78, 5) is 42.0. The van der Waals surface area contributed by atoms with Gasteiger partial charge in [-0.1, -0.05) is 12.8 Å². The number of benzene rings is 1. The molecule has 9 nitrogen and oxygen atoms in total. The topological polar surface area (TPSA) is 86.6 Å². The smallest absolute Gasteiger partial charge is 0.270 e. The van der Waals surface area contributed by atoms with E-state index in [9.17, 15) is 9.59 Å². The highest BCUT2D eigenvalue weighted by Gasteiger charge is 2.29. The van der Waals surface area contributed by atoms with Crippen LogP contribution in [0.5, 0.6) is 0 Å². The summed E-state index contributed by atoms with van der Waals surface area (Å²) >= 11 is 0. The van der Waals surface area contributed by atoms with Gasteiger partial charge in [0, 0.05) is 68.1 Å². The van der Waals surface area contributed by atoms with Gasteiger partial charge in [0.05, 0.1) is 0 Å². The molecule has 2 saturated heterocycles. The summed E-state index contributed by atoms with van der Waals surface area (Å²) in [5, 5.41) is 4.20. The molecule has 2 amide bonds. The van der Waals surface area contributed by atoms with Crippen molar-refractivity contribution in [1.82, 2.24) is 29.2 Å². The summed E-state index contributed by atoms with van der Waals surface area (Å²) in [5.41, 5.74) is 3.07. The molecule has 0 atom stereocenters. The van der Waals surface area contributed by atoms with Gasteiger partial charge in [-0.05, 0) is 69.5 Å². The maximum atomic E-state index is 13.5. The molecule has 200 valence electrons. The summed E-state index contributed by atoms with van der Waals surface area (Å²) in [6, 6.07) is 9.79. The van der Waals surface area contributed by atoms with Gasteiger partial charge in [0.1, 0.15) is 11.3 Å². The number of piperazine rings is 1. The maximum absolute atomic E-state index is 13.5. The fourth-order valence-corrected chi connectivity index (χ4v) is 6.04. The van der Waals surface area contributed by atoms with E-state index in [2.05, 4.69) is 26.8 Å².